The van der Waals surface area contributed by atoms with E-state index in [0.717, 1.165) is 6.42 Å². The second-order valence-electron chi connectivity index (χ2n) is 3.76. The highest BCUT2D eigenvalue weighted by molar-refractivity contribution is 5.81. The SMILES string of the molecule is CCCN(CC(=O)O)C(=O)CCN(C)C. The Morgan fingerprint density at radius 3 is 2.20 bits per heavy atom. The second kappa shape index (κ2) is 7.23. The third-order valence-corrected chi connectivity index (χ3v) is 1.95. The van der Waals surface area contributed by atoms with E-state index in [2.05, 4.69) is 0 Å². The fraction of sp³-hybridized carbons (Fsp3) is 0.800. The van der Waals surface area contributed by atoms with Gasteiger partial charge in [0.05, 0.1) is 0 Å². The molecule has 0 aromatic heterocycles. The molecule has 0 aliphatic rings. The van der Waals surface area contributed by atoms with Gasteiger partial charge in [0, 0.05) is 19.5 Å². The van der Waals surface area contributed by atoms with Gasteiger partial charge in [-0.3, -0.25) is 9.59 Å². The fourth-order valence-electron chi connectivity index (χ4n) is 1.20. The summed E-state index contributed by atoms with van der Waals surface area (Å²) in [5.74, 6) is -1.05. The molecule has 0 atom stereocenters. The predicted molar refractivity (Wildman–Crippen MR) is 57.7 cm³/mol. The van der Waals surface area contributed by atoms with Crippen molar-refractivity contribution in [1.29, 1.82) is 0 Å². The molecule has 0 aliphatic carbocycles. The molecule has 1 amide bonds. The van der Waals surface area contributed by atoms with E-state index in [1.165, 1.54) is 4.90 Å². The van der Waals surface area contributed by atoms with Crippen LogP contribution < -0.4 is 0 Å². The third kappa shape index (κ3) is 6.90. The van der Waals surface area contributed by atoms with Crippen LogP contribution in [0.4, 0.5) is 0 Å². The zero-order chi connectivity index (χ0) is 11.8. The highest BCUT2D eigenvalue weighted by Gasteiger charge is 2.15. The van der Waals surface area contributed by atoms with Crippen molar-refractivity contribution in [3.8, 4) is 0 Å². The Morgan fingerprint density at radius 2 is 1.80 bits per heavy atom. The van der Waals surface area contributed by atoms with E-state index in [0.29, 0.717) is 19.5 Å². The van der Waals surface area contributed by atoms with Crippen LogP contribution in [0.5, 0.6) is 0 Å². The molecule has 0 saturated carbocycles. The van der Waals surface area contributed by atoms with Gasteiger partial charge in [-0.1, -0.05) is 6.92 Å². The largest absolute Gasteiger partial charge is 0.480 e. The fourth-order valence-corrected chi connectivity index (χ4v) is 1.20. The van der Waals surface area contributed by atoms with Crippen LogP contribution in [-0.4, -0.2) is 60.5 Å². The molecule has 5 nitrogen and oxygen atoms in total. The minimum Gasteiger partial charge on any atom is -0.480 e. The van der Waals surface area contributed by atoms with E-state index in [9.17, 15) is 9.59 Å². The predicted octanol–water partition coefficient (Wildman–Crippen LogP) is 0.261. The Morgan fingerprint density at radius 1 is 1.20 bits per heavy atom. The molecule has 15 heavy (non-hydrogen) atoms. The molecule has 0 radical (unpaired) electrons. The van der Waals surface area contributed by atoms with Crippen molar-refractivity contribution < 1.29 is 14.7 Å². The standard InChI is InChI=1S/C10H20N2O3/c1-4-6-12(8-10(14)15)9(13)5-7-11(2)3/h4-8H2,1-3H3,(H,14,15). The molecular formula is C10H20N2O3. The van der Waals surface area contributed by atoms with E-state index in [1.54, 1.807) is 0 Å². The van der Waals surface area contributed by atoms with Crippen LogP contribution in [0.25, 0.3) is 0 Å². The van der Waals surface area contributed by atoms with Gasteiger partial charge in [0.2, 0.25) is 5.91 Å². The summed E-state index contributed by atoms with van der Waals surface area (Å²) < 4.78 is 0. The van der Waals surface area contributed by atoms with Gasteiger partial charge in [-0.25, -0.2) is 0 Å². The van der Waals surface area contributed by atoms with Crippen LogP contribution in [-0.2, 0) is 9.59 Å². The number of aliphatic carboxylic acids is 1. The summed E-state index contributed by atoms with van der Waals surface area (Å²) in [5, 5.41) is 8.63. The van der Waals surface area contributed by atoms with Gasteiger partial charge >= 0.3 is 5.97 Å². The van der Waals surface area contributed by atoms with E-state index in [4.69, 9.17) is 5.11 Å². The highest BCUT2D eigenvalue weighted by atomic mass is 16.4. The number of hydrogen-bond donors (Lipinski definition) is 1. The van der Waals surface area contributed by atoms with Gasteiger partial charge in [-0.15, -0.1) is 0 Å². The lowest BCUT2D eigenvalue weighted by Crippen LogP contribution is -2.37. The Bertz CT molecular complexity index is 217. The van der Waals surface area contributed by atoms with E-state index < -0.39 is 5.97 Å². The van der Waals surface area contributed by atoms with Crippen molar-refractivity contribution in [2.75, 3.05) is 33.7 Å². The first-order chi connectivity index (χ1) is 6.97. The molecular weight excluding hydrogens is 196 g/mol. The van der Waals surface area contributed by atoms with E-state index in [-0.39, 0.29) is 12.5 Å². The quantitative estimate of drug-likeness (QED) is 0.663. The van der Waals surface area contributed by atoms with Gasteiger partial charge in [0.1, 0.15) is 6.54 Å². The molecule has 0 fully saturated rings. The van der Waals surface area contributed by atoms with Crippen molar-refractivity contribution in [3.05, 3.63) is 0 Å². The molecule has 0 rings (SSSR count). The minimum absolute atomic E-state index is 0.0899. The third-order valence-electron chi connectivity index (χ3n) is 1.95. The van der Waals surface area contributed by atoms with Gasteiger partial charge in [0.15, 0.2) is 0 Å². The molecule has 0 aromatic rings. The van der Waals surface area contributed by atoms with Crippen molar-refractivity contribution in [2.45, 2.75) is 19.8 Å². The topological polar surface area (TPSA) is 60.9 Å². The number of carboxylic acids is 1. The molecule has 5 heteroatoms. The van der Waals surface area contributed by atoms with Crippen molar-refractivity contribution in [1.82, 2.24) is 9.80 Å². The number of nitrogens with zero attached hydrogens (tertiary/aromatic N) is 2. The summed E-state index contributed by atoms with van der Waals surface area (Å²) in [4.78, 5) is 25.4. The summed E-state index contributed by atoms with van der Waals surface area (Å²) in [6.07, 6.45) is 1.15. The van der Waals surface area contributed by atoms with Crippen LogP contribution in [0.3, 0.4) is 0 Å². The molecule has 0 unspecified atom stereocenters. The number of carbonyl (C=O) groups is 2. The van der Waals surface area contributed by atoms with Crippen molar-refractivity contribution in [3.63, 3.8) is 0 Å². The molecule has 1 N–H and O–H groups in total. The number of carbonyl (C=O) groups excluding carboxylic acids is 1. The lowest BCUT2D eigenvalue weighted by Gasteiger charge is -2.20. The maximum atomic E-state index is 11.6. The van der Waals surface area contributed by atoms with E-state index in [1.807, 2.05) is 25.9 Å². The Balaban J connectivity index is 4.09. The number of hydrogen-bond acceptors (Lipinski definition) is 3. The molecule has 0 saturated heterocycles. The van der Waals surface area contributed by atoms with Crippen LogP contribution in [0.1, 0.15) is 19.8 Å². The first-order valence-electron chi connectivity index (χ1n) is 5.11. The number of rotatable bonds is 7. The van der Waals surface area contributed by atoms with Crippen molar-refractivity contribution >= 4 is 11.9 Å². The summed E-state index contributed by atoms with van der Waals surface area (Å²) in [5.41, 5.74) is 0. The zero-order valence-electron chi connectivity index (χ0n) is 9.69. The summed E-state index contributed by atoms with van der Waals surface area (Å²) >= 11 is 0. The Hall–Kier alpha value is -1.10. The molecule has 0 aliphatic heterocycles. The van der Waals surface area contributed by atoms with Crippen LogP contribution >= 0.6 is 0 Å². The molecule has 0 heterocycles. The van der Waals surface area contributed by atoms with Crippen LogP contribution in [0.15, 0.2) is 0 Å². The normalized spacial score (nSPS) is 10.4. The molecule has 0 spiro atoms. The first kappa shape index (κ1) is 13.9. The molecule has 0 bridgehead atoms. The minimum atomic E-state index is -0.957. The molecule has 88 valence electrons. The van der Waals surface area contributed by atoms with Gasteiger partial charge in [-0.05, 0) is 20.5 Å². The Labute approximate surface area is 90.7 Å². The van der Waals surface area contributed by atoms with Crippen LogP contribution in [0.2, 0.25) is 0 Å². The van der Waals surface area contributed by atoms with Crippen LogP contribution in [0, 0.1) is 0 Å². The van der Waals surface area contributed by atoms with Gasteiger partial charge in [0.25, 0.3) is 0 Å². The lowest BCUT2D eigenvalue weighted by molar-refractivity contribution is -0.144. The molecule has 0 aromatic carbocycles. The summed E-state index contributed by atoms with van der Waals surface area (Å²) in [6, 6.07) is 0. The van der Waals surface area contributed by atoms with E-state index >= 15 is 0 Å². The summed E-state index contributed by atoms with van der Waals surface area (Å²) in [6.45, 7) is 2.89. The van der Waals surface area contributed by atoms with Gasteiger partial charge < -0.3 is 14.9 Å². The van der Waals surface area contributed by atoms with Gasteiger partial charge in [-0.2, -0.15) is 0 Å². The summed E-state index contributed by atoms with van der Waals surface area (Å²) in [7, 11) is 3.77. The number of amides is 1. The monoisotopic (exact) mass is 216 g/mol. The van der Waals surface area contributed by atoms with Crippen molar-refractivity contribution in [2.24, 2.45) is 0 Å². The lowest BCUT2D eigenvalue weighted by atomic mass is 10.3. The average Bonchev–Trinajstić information content (AvgIpc) is 2.12. The maximum absolute atomic E-state index is 11.6. The smallest absolute Gasteiger partial charge is 0.323 e. The first-order valence-corrected chi connectivity index (χ1v) is 5.11. The second-order valence-corrected chi connectivity index (χ2v) is 3.76. The average molecular weight is 216 g/mol. The highest BCUT2D eigenvalue weighted by Crippen LogP contribution is 1.97. The zero-order valence-corrected chi connectivity index (χ0v) is 9.69. The maximum Gasteiger partial charge on any atom is 0.323 e. The Kier molecular flexibility index (Phi) is 6.70. The number of carboxylic acid groups (broad SMARTS) is 1.